The summed E-state index contributed by atoms with van der Waals surface area (Å²) in [5, 5.41) is 13.2. The van der Waals surface area contributed by atoms with Gasteiger partial charge in [-0.2, -0.15) is 0 Å². The van der Waals surface area contributed by atoms with Gasteiger partial charge >= 0.3 is 0 Å². The number of oxime groups is 1. The van der Waals surface area contributed by atoms with Crippen molar-refractivity contribution in [2.24, 2.45) is 34.7 Å². The molecule has 0 atom stereocenters. The molecule has 118 valence electrons. The van der Waals surface area contributed by atoms with Gasteiger partial charge in [0.25, 0.3) is 0 Å². The van der Waals surface area contributed by atoms with Crippen LogP contribution < -0.4 is 4.74 Å². The van der Waals surface area contributed by atoms with Crippen LogP contribution in [0, 0.1) is 29.6 Å². The summed E-state index contributed by atoms with van der Waals surface area (Å²) >= 11 is 0. The molecule has 0 heterocycles. The van der Waals surface area contributed by atoms with Crippen LogP contribution >= 0.6 is 0 Å². The first-order valence-corrected chi connectivity index (χ1v) is 8.62. The zero-order valence-corrected chi connectivity index (χ0v) is 13.2. The molecule has 1 aromatic carbocycles. The molecule has 22 heavy (non-hydrogen) atoms. The Morgan fingerprint density at radius 2 is 1.64 bits per heavy atom. The first kappa shape index (κ1) is 14.1. The van der Waals surface area contributed by atoms with E-state index < -0.39 is 0 Å². The van der Waals surface area contributed by atoms with Gasteiger partial charge in [-0.1, -0.05) is 5.16 Å². The van der Waals surface area contributed by atoms with E-state index in [1.54, 1.807) is 7.11 Å². The molecule has 4 saturated carbocycles. The smallest absolute Gasteiger partial charge is 0.118 e. The van der Waals surface area contributed by atoms with E-state index in [4.69, 9.17) is 4.74 Å². The summed E-state index contributed by atoms with van der Waals surface area (Å²) in [5.74, 6) is 5.29. The molecular weight excluding hydrogens is 274 g/mol. The number of methoxy groups -OCH3 is 1. The highest BCUT2D eigenvalue weighted by Gasteiger charge is 2.48. The van der Waals surface area contributed by atoms with Gasteiger partial charge in [0.15, 0.2) is 0 Å². The fraction of sp³-hybridized carbons (Fsp3) is 0.632. The van der Waals surface area contributed by atoms with Gasteiger partial charge in [0.1, 0.15) is 5.75 Å². The van der Waals surface area contributed by atoms with Crippen molar-refractivity contribution < 1.29 is 9.94 Å². The number of nitrogens with zero attached hydrogens (tertiary/aromatic N) is 1. The fourth-order valence-electron chi connectivity index (χ4n) is 5.59. The first-order valence-electron chi connectivity index (χ1n) is 8.62. The van der Waals surface area contributed by atoms with E-state index in [2.05, 4.69) is 5.16 Å². The SMILES string of the molecule is COc1ccc(/C(CC2C3CC4CC(C3)CC2C4)=N\O)cc1. The lowest BCUT2D eigenvalue weighted by atomic mass is 9.51. The number of rotatable bonds is 4. The summed E-state index contributed by atoms with van der Waals surface area (Å²) in [6.45, 7) is 0. The molecule has 0 spiro atoms. The molecule has 0 aromatic heterocycles. The quantitative estimate of drug-likeness (QED) is 0.510. The Kier molecular flexibility index (Phi) is 3.59. The second-order valence-corrected chi connectivity index (χ2v) is 7.57. The first-order chi connectivity index (χ1) is 10.8. The van der Waals surface area contributed by atoms with Gasteiger partial charge in [-0.15, -0.1) is 0 Å². The standard InChI is InChI=1S/C19H25NO2/c1-22-17-4-2-14(3-5-17)19(20-21)11-18-15-7-12-6-13(9-15)10-16(18)8-12/h2-5,12-13,15-16,18,21H,6-11H2,1H3/b20-19-. The molecule has 4 aliphatic carbocycles. The molecule has 1 N–H and O–H groups in total. The molecule has 0 amide bonds. The van der Waals surface area contributed by atoms with Gasteiger partial charge in [0, 0.05) is 0 Å². The van der Waals surface area contributed by atoms with E-state index in [1.807, 2.05) is 24.3 Å². The molecule has 3 heteroatoms. The van der Waals surface area contributed by atoms with Crippen molar-refractivity contribution in [1.29, 1.82) is 0 Å². The molecular formula is C19H25NO2. The van der Waals surface area contributed by atoms with Crippen LogP contribution in [0.5, 0.6) is 5.75 Å². The number of hydrogen-bond donors (Lipinski definition) is 1. The molecule has 0 radical (unpaired) electrons. The highest BCUT2D eigenvalue weighted by Crippen LogP contribution is 2.57. The van der Waals surface area contributed by atoms with Gasteiger partial charge < -0.3 is 9.94 Å². The Hall–Kier alpha value is -1.51. The molecule has 0 aliphatic heterocycles. The Morgan fingerprint density at radius 1 is 1.05 bits per heavy atom. The minimum absolute atomic E-state index is 0.723. The Balaban J connectivity index is 1.51. The van der Waals surface area contributed by atoms with Crippen molar-refractivity contribution in [3.8, 4) is 5.75 Å². The van der Waals surface area contributed by atoms with Crippen LogP contribution in [0.25, 0.3) is 0 Å². The summed E-state index contributed by atoms with van der Waals surface area (Å²) in [5.41, 5.74) is 1.87. The van der Waals surface area contributed by atoms with E-state index in [-0.39, 0.29) is 0 Å². The van der Waals surface area contributed by atoms with Crippen molar-refractivity contribution in [2.75, 3.05) is 7.11 Å². The lowest BCUT2D eigenvalue weighted by Gasteiger charge is -2.54. The van der Waals surface area contributed by atoms with Crippen LogP contribution in [-0.2, 0) is 0 Å². The maximum absolute atomic E-state index is 9.52. The topological polar surface area (TPSA) is 41.8 Å². The molecule has 4 fully saturated rings. The molecule has 0 unspecified atom stereocenters. The average molecular weight is 299 g/mol. The van der Waals surface area contributed by atoms with E-state index in [9.17, 15) is 5.21 Å². The van der Waals surface area contributed by atoms with Crippen LogP contribution in [0.15, 0.2) is 29.4 Å². The van der Waals surface area contributed by atoms with Gasteiger partial charge in [-0.3, -0.25) is 0 Å². The third-order valence-electron chi connectivity index (χ3n) is 6.39. The van der Waals surface area contributed by atoms with Crippen molar-refractivity contribution in [3.63, 3.8) is 0 Å². The van der Waals surface area contributed by atoms with E-state index in [1.165, 1.54) is 32.1 Å². The monoisotopic (exact) mass is 299 g/mol. The van der Waals surface area contributed by atoms with Crippen molar-refractivity contribution in [2.45, 2.75) is 38.5 Å². The predicted octanol–water partition coefficient (Wildman–Crippen LogP) is 4.34. The molecule has 4 bridgehead atoms. The molecule has 5 rings (SSSR count). The van der Waals surface area contributed by atoms with E-state index in [0.717, 1.165) is 53.0 Å². The maximum Gasteiger partial charge on any atom is 0.118 e. The second kappa shape index (κ2) is 5.60. The molecule has 1 aromatic rings. The number of benzene rings is 1. The Labute approximate surface area is 132 Å². The lowest BCUT2D eigenvalue weighted by molar-refractivity contribution is -0.0332. The van der Waals surface area contributed by atoms with Gasteiger partial charge in [-0.25, -0.2) is 0 Å². The summed E-state index contributed by atoms with van der Waals surface area (Å²) in [4.78, 5) is 0. The predicted molar refractivity (Wildman–Crippen MR) is 86.5 cm³/mol. The number of ether oxygens (including phenoxy) is 1. The molecule has 3 nitrogen and oxygen atoms in total. The summed E-state index contributed by atoms with van der Waals surface area (Å²) in [7, 11) is 1.67. The summed E-state index contributed by atoms with van der Waals surface area (Å²) < 4.78 is 5.21. The third-order valence-corrected chi connectivity index (χ3v) is 6.39. The van der Waals surface area contributed by atoms with Crippen LogP contribution in [0.1, 0.15) is 44.1 Å². The van der Waals surface area contributed by atoms with Crippen molar-refractivity contribution >= 4 is 5.71 Å². The van der Waals surface area contributed by atoms with Crippen LogP contribution in [0.2, 0.25) is 0 Å². The highest BCUT2D eigenvalue weighted by atomic mass is 16.5. The Morgan fingerprint density at radius 3 is 2.14 bits per heavy atom. The molecule has 0 saturated heterocycles. The van der Waals surface area contributed by atoms with Gasteiger partial charge in [0.2, 0.25) is 0 Å². The molecule has 4 aliphatic rings. The van der Waals surface area contributed by atoms with E-state index >= 15 is 0 Å². The van der Waals surface area contributed by atoms with Crippen LogP contribution in [0.3, 0.4) is 0 Å². The Bertz CT molecular complexity index is 535. The van der Waals surface area contributed by atoms with Gasteiger partial charge in [0.05, 0.1) is 12.8 Å². The highest BCUT2D eigenvalue weighted by molar-refractivity contribution is 6.00. The maximum atomic E-state index is 9.52. The van der Waals surface area contributed by atoms with Crippen LogP contribution in [0.4, 0.5) is 0 Å². The normalized spacial score (nSPS) is 36.6. The summed E-state index contributed by atoms with van der Waals surface area (Å²) in [6.07, 6.45) is 8.08. The number of hydrogen-bond acceptors (Lipinski definition) is 3. The van der Waals surface area contributed by atoms with Gasteiger partial charge in [-0.05, 0) is 97.9 Å². The average Bonchev–Trinajstić information content (AvgIpc) is 2.54. The lowest BCUT2D eigenvalue weighted by Crippen LogP contribution is -2.45. The van der Waals surface area contributed by atoms with Crippen molar-refractivity contribution in [3.05, 3.63) is 29.8 Å². The minimum Gasteiger partial charge on any atom is -0.497 e. The third kappa shape index (κ3) is 2.41. The zero-order chi connectivity index (χ0) is 15.1. The van der Waals surface area contributed by atoms with Crippen LogP contribution in [-0.4, -0.2) is 18.0 Å². The largest absolute Gasteiger partial charge is 0.497 e. The van der Waals surface area contributed by atoms with E-state index in [0.29, 0.717) is 0 Å². The minimum atomic E-state index is 0.723. The second-order valence-electron chi connectivity index (χ2n) is 7.57. The summed E-state index contributed by atoms with van der Waals surface area (Å²) in [6, 6.07) is 7.89. The fourth-order valence-corrected chi connectivity index (χ4v) is 5.59. The van der Waals surface area contributed by atoms with Crippen molar-refractivity contribution in [1.82, 2.24) is 0 Å². The zero-order valence-electron chi connectivity index (χ0n) is 13.2.